The van der Waals surface area contributed by atoms with Crippen LogP contribution in [0.15, 0.2) is 66.7 Å². The Hall–Kier alpha value is -2.82. The fourth-order valence-corrected chi connectivity index (χ4v) is 4.60. The van der Waals surface area contributed by atoms with Gasteiger partial charge in [0.1, 0.15) is 6.04 Å². The van der Waals surface area contributed by atoms with Crippen molar-refractivity contribution in [2.45, 2.75) is 53.1 Å². The molecule has 3 aromatic rings. The third-order valence-electron chi connectivity index (χ3n) is 6.19. The van der Waals surface area contributed by atoms with E-state index in [-0.39, 0.29) is 30.7 Å². The molecule has 0 aliphatic rings. The molecule has 0 aromatic heterocycles. The Balaban J connectivity index is 2.03. The molecule has 2 amide bonds. The van der Waals surface area contributed by atoms with Gasteiger partial charge in [-0.1, -0.05) is 97.2 Å². The van der Waals surface area contributed by atoms with Crippen LogP contribution in [0.1, 0.15) is 41.7 Å². The number of nitrogens with one attached hydrogen (secondary N) is 1. The molecule has 36 heavy (non-hydrogen) atoms. The van der Waals surface area contributed by atoms with E-state index in [1.165, 1.54) is 0 Å². The summed E-state index contributed by atoms with van der Waals surface area (Å²) >= 11 is 13.0. The first-order valence-electron chi connectivity index (χ1n) is 12.3. The molecule has 1 N–H and O–H groups in total. The topological polar surface area (TPSA) is 49.4 Å². The summed E-state index contributed by atoms with van der Waals surface area (Å²) in [5, 5.41) is 3.97. The van der Waals surface area contributed by atoms with Gasteiger partial charge in [-0.2, -0.15) is 0 Å². The molecule has 0 saturated carbocycles. The second-order valence-electron chi connectivity index (χ2n) is 9.67. The van der Waals surface area contributed by atoms with Crippen LogP contribution in [0.3, 0.4) is 0 Å². The Morgan fingerprint density at radius 3 is 2.22 bits per heavy atom. The van der Waals surface area contributed by atoms with Gasteiger partial charge in [-0.3, -0.25) is 9.59 Å². The zero-order valence-corrected chi connectivity index (χ0v) is 22.9. The third-order valence-corrected chi connectivity index (χ3v) is 6.90. The van der Waals surface area contributed by atoms with E-state index in [1.54, 1.807) is 23.1 Å². The minimum atomic E-state index is -0.726. The van der Waals surface area contributed by atoms with E-state index >= 15 is 0 Å². The minimum absolute atomic E-state index is 0.134. The molecule has 0 saturated heterocycles. The van der Waals surface area contributed by atoms with Gasteiger partial charge in [-0.05, 0) is 48.6 Å². The standard InChI is InChI=1S/C30H34Cl2N2O2/c1-20(2)18-33-30(36)28(16-23-9-6-5-7-10-23)34(19-25-26(31)11-8-12-27(25)32)29(35)17-24-15-21(3)13-14-22(24)4/h5-15,20,28H,16-19H2,1-4H3,(H,33,36). The van der Waals surface area contributed by atoms with Crippen LogP contribution in [0.5, 0.6) is 0 Å². The molecule has 0 aliphatic carbocycles. The van der Waals surface area contributed by atoms with Crippen molar-refractivity contribution in [3.05, 3.63) is 105 Å². The monoisotopic (exact) mass is 524 g/mol. The lowest BCUT2D eigenvalue weighted by molar-refractivity contribution is -0.140. The molecular weight excluding hydrogens is 491 g/mol. The van der Waals surface area contributed by atoms with Crippen molar-refractivity contribution in [3.63, 3.8) is 0 Å². The summed E-state index contributed by atoms with van der Waals surface area (Å²) in [5.74, 6) is -0.0613. The third kappa shape index (κ3) is 7.59. The van der Waals surface area contributed by atoms with Crippen molar-refractivity contribution in [2.75, 3.05) is 6.54 Å². The van der Waals surface area contributed by atoms with Crippen molar-refractivity contribution in [3.8, 4) is 0 Å². The van der Waals surface area contributed by atoms with Crippen molar-refractivity contribution >= 4 is 35.0 Å². The number of aryl methyl sites for hydroxylation is 2. The van der Waals surface area contributed by atoms with Gasteiger partial charge in [-0.15, -0.1) is 0 Å². The van der Waals surface area contributed by atoms with Crippen LogP contribution in [-0.2, 0) is 29.0 Å². The summed E-state index contributed by atoms with van der Waals surface area (Å²) in [6, 6.07) is 20.4. The number of benzene rings is 3. The molecule has 0 spiro atoms. The highest BCUT2D eigenvalue weighted by molar-refractivity contribution is 6.36. The van der Waals surface area contributed by atoms with Crippen molar-refractivity contribution < 1.29 is 9.59 Å². The molecule has 1 unspecified atom stereocenters. The number of halogens is 2. The first-order valence-corrected chi connectivity index (χ1v) is 13.0. The summed E-state index contributed by atoms with van der Waals surface area (Å²) in [6.07, 6.45) is 0.559. The first kappa shape index (κ1) is 27.8. The zero-order valence-electron chi connectivity index (χ0n) is 21.4. The van der Waals surface area contributed by atoms with Crippen LogP contribution in [-0.4, -0.2) is 29.3 Å². The fraction of sp³-hybridized carbons (Fsp3) is 0.333. The molecule has 1 atom stereocenters. The normalized spacial score (nSPS) is 11.9. The second-order valence-corrected chi connectivity index (χ2v) is 10.5. The van der Waals surface area contributed by atoms with Gasteiger partial charge in [-0.25, -0.2) is 0 Å². The van der Waals surface area contributed by atoms with E-state index < -0.39 is 6.04 Å². The number of amides is 2. The molecule has 6 heteroatoms. The summed E-state index contributed by atoms with van der Waals surface area (Å²) in [4.78, 5) is 29.1. The van der Waals surface area contributed by atoms with Crippen LogP contribution in [0.4, 0.5) is 0 Å². The highest BCUT2D eigenvalue weighted by atomic mass is 35.5. The summed E-state index contributed by atoms with van der Waals surface area (Å²) in [7, 11) is 0. The van der Waals surface area contributed by atoms with Gasteiger partial charge in [0, 0.05) is 35.1 Å². The van der Waals surface area contributed by atoms with Gasteiger partial charge >= 0.3 is 0 Å². The molecule has 0 bridgehead atoms. The lowest BCUT2D eigenvalue weighted by atomic mass is 9.99. The van der Waals surface area contributed by atoms with Gasteiger partial charge in [0.05, 0.1) is 6.42 Å². The SMILES string of the molecule is Cc1ccc(C)c(CC(=O)N(Cc2c(Cl)cccc2Cl)C(Cc2ccccc2)C(=O)NCC(C)C)c1. The van der Waals surface area contributed by atoms with Gasteiger partial charge in [0.2, 0.25) is 11.8 Å². The Labute approximate surface area is 224 Å². The number of hydrogen-bond donors (Lipinski definition) is 1. The number of carbonyl (C=O) groups excluding carboxylic acids is 2. The molecular formula is C30H34Cl2N2O2. The van der Waals surface area contributed by atoms with E-state index in [0.717, 1.165) is 22.3 Å². The Bertz CT molecular complexity index is 1170. The Kier molecular flexibility index (Phi) is 9.98. The average molecular weight is 526 g/mol. The molecule has 0 fully saturated rings. The lowest BCUT2D eigenvalue weighted by Crippen LogP contribution is -2.51. The van der Waals surface area contributed by atoms with Crippen LogP contribution in [0, 0.1) is 19.8 Å². The largest absolute Gasteiger partial charge is 0.354 e. The fourth-order valence-electron chi connectivity index (χ4n) is 4.09. The molecule has 0 heterocycles. The Morgan fingerprint density at radius 1 is 0.917 bits per heavy atom. The van der Waals surface area contributed by atoms with Crippen LogP contribution in [0.2, 0.25) is 10.0 Å². The first-order chi connectivity index (χ1) is 17.2. The molecule has 0 radical (unpaired) electrons. The highest BCUT2D eigenvalue weighted by Crippen LogP contribution is 2.28. The van der Waals surface area contributed by atoms with E-state index in [0.29, 0.717) is 28.6 Å². The predicted molar refractivity (Wildman–Crippen MR) is 148 cm³/mol. The maximum Gasteiger partial charge on any atom is 0.243 e. The highest BCUT2D eigenvalue weighted by Gasteiger charge is 2.31. The maximum atomic E-state index is 13.9. The minimum Gasteiger partial charge on any atom is -0.354 e. The lowest BCUT2D eigenvalue weighted by Gasteiger charge is -2.32. The van der Waals surface area contributed by atoms with E-state index in [4.69, 9.17) is 23.2 Å². The van der Waals surface area contributed by atoms with Crippen LogP contribution in [0.25, 0.3) is 0 Å². The summed E-state index contributed by atoms with van der Waals surface area (Å²) in [5.41, 5.74) is 4.66. The van der Waals surface area contributed by atoms with Crippen LogP contribution < -0.4 is 5.32 Å². The van der Waals surface area contributed by atoms with Crippen molar-refractivity contribution in [1.82, 2.24) is 10.2 Å². The van der Waals surface area contributed by atoms with Crippen molar-refractivity contribution in [2.24, 2.45) is 5.92 Å². The van der Waals surface area contributed by atoms with Gasteiger partial charge in [0.25, 0.3) is 0 Å². The smallest absolute Gasteiger partial charge is 0.243 e. The predicted octanol–water partition coefficient (Wildman–Crippen LogP) is 6.57. The molecule has 0 aliphatic heterocycles. The number of carbonyl (C=O) groups is 2. The van der Waals surface area contributed by atoms with Gasteiger partial charge < -0.3 is 10.2 Å². The number of nitrogens with zero attached hydrogens (tertiary/aromatic N) is 1. The van der Waals surface area contributed by atoms with Crippen LogP contribution >= 0.6 is 23.2 Å². The average Bonchev–Trinajstić information content (AvgIpc) is 2.84. The Morgan fingerprint density at radius 2 is 1.58 bits per heavy atom. The number of rotatable bonds is 10. The quantitative estimate of drug-likeness (QED) is 0.326. The van der Waals surface area contributed by atoms with Crippen molar-refractivity contribution in [1.29, 1.82) is 0 Å². The van der Waals surface area contributed by atoms with E-state index in [2.05, 4.69) is 5.32 Å². The molecule has 3 rings (SSSR count). The second kappa shape index (κ2) is 12.9. The number of hydrogen-bond acceptors (Lipinski definition) is 2. The van der Waals surface area contributed by atoms with E-state index in [1.807, 2.05) is 76.2 Å². The molecule has 190 valence electrons. The molecule has 4 nitrogen and oxygen atoms in total. The maximum absolute atomic E-state index is 13.9. The summed E-state index contributed by atoms with van der Waals surface area (Å²) in [6.45, 7) is 8.74. The van der Waals surface area contributed by atoms with E-state index in [9.17, 15) is 9.59 Å². The molecule has 3 aromatic carbocycles. The summed E-state index contributed by atoms with van der Waals surface area (Å²) < 4.78 is 0. The van der Waals surface area contributed by atoms with Gasteiger partial charge in [0.15, 0.2) is 0 Å². The zero-order chi connectivity index (χ0) is 26.2.